The fraction of sp³-hybridized carbons (Fsp3) is 0.125. The number of ether oxygens (including phenoxy) is 1. The number of benzene rings is 2. The molecule has 0 spiro atoms. The Morgan fingerprint density at radius 1 is 1.10 bits per heavy atom. The molecule has 0 aliphatic heterocycles. The highest BCUT2D eigenvalue weighted by atomic mass is 35.5. The van der Waals surface area contributed by atoms with Crippen LogP contribution in [0.5, 0.6) is 0 Å². The first kappa shape index (κ1) is 20.6. The van der Waals surface area contributed by atoms with Crippen LogP contribution < -0.4 is 0 Å². The SMILES string of the molecule is Cc1nn(-c2ccccc2)c(Cl)c1/C=C\C(=O)OCc1nc(-c2ccccc2)oc1C. The van der Waals surface area contributed by atoms with E-state index < -0.39 is 5.97 Å². The van der Waals surface area contributed by atoms with Crippen molar-refractivity contribution in [3.8, 4) is 17.1 Å². The second kappa shape index (κ2) is 9.02. The molecule has 2 aromatic heterocycles. The van der Waals surface area contributed by atoms with Gasteiger partial charge in [0.05, 0.1) is 11.4 Å². The van der Waals surface area contributed by atoms with E-state index in [1.54, 1.807) is 17.7 Å². The summed E-state index contributed by atoms with van der Waals surface area (Å²) in [5, 5.41) is 4.88. The van der Waals surface area contributed by atoms with Crippen LogP contribution in [0, 0.1) is 13.8 Å². The van der Waals surface area contributed by atoms with Crippen LogP contribution >= 0.6 is 11.6 Å². The van der Waals surface area contributed by atoms with Crippen molar-refractivity contribution < 1.29 is 13.9 Å². The maximum Gasteiger partial charge on any atom is 0.331 e. The Morgan fingerprint density at radius 3 is 2.48 bits per heavy atom. The number of hydrogen-bond acceptors (Lipinski definition) is 5. The fourth-order valence-corrected chi connectivity index (χ4v) is 3.38. The van der Waals surface area contributed by atoms with Crippen molar-refractivity contribution in [2.24, 2.45) is 0 Å². The van der Waals surface area contributed by atoms with Crippen molar-refractivity contribution >= 4 is 23.6 Å². The zero-order chi connectivity index (χ0) is 21.8. The number of aromatic nitrogens is 3. The molecule has 0 saturated carbocycles. The van der Waals surface area contributed by atoms with Gasteiger partial charge < -0.3 is 9.15 Å². The molecule has 2 heterocycles. The molecular formula is C24H20ClN3O3. The van der Waals surface area contributed by atoms with E-state index in [4.69, 9.17) is 20.8 Å². The molecule has 2 aromatic carbocycles. The first-order chi connectivity index (χ1) is 15.0. The summed E-state index contributed by atoms with van der Waals surface area (Å²) in [5.74, 6) is 0.598. The third-order valence-corrected chi connectivity index (χ3v) is 5.06. The van der Waals surface area contributed by atoms with E-state index in [0.29, 0.717) is 33.8 Å². The van der Waals surface area contributed by atoms with Gasteiger partial charge in [-0.3, -0.25) is 0 Å². The highest BCUT2D eigenvalue weighted by Crippen LogP contribution is 2.25. The molecule has 31 heavy (non-hydrogen) atoms. The summed E-state index contributed by atoms with van der Waals surface area (Å²) in [5.41, 5.74) is 3.65. The Labute approximate surface area is 184 Å². The molecule has 0 N–H and O–H groups in total. The summed E-state index contributed by atoms with van der Waals surface area (Å²) in [7, 11) is 0. The number of carbonyl (C=O) groups excluding carboxylic acids is 1. The summed E-state index contributed by atoms with van der Waals surface area (Å²) >= 11 is 6.48. The summed E-state index contributed by atoms with van der Waals surface area (Å²) in [6.07, 6.45) is 2.94. The molecular weight excluding hydrogens is 414 g/mol. The number of oxazole rings is 1. The number of carbonyl (C=O) groups is 1. The van der Waals surface area contributed by atoms with Crippen LogP contribution in [-0.4, -0.2) is 20.7 Å². The molecule has 0 unspecified atom stereocenters. The largest absolute Gasteiger partial charge is 0.456 e. The van der Waals surface area contributed by atoms with Gasteiger partial charge in [0.2, 0.25) is 5.89 Å². The maximum absolute atomic E-state index is 12.2. The molecule has 0 fully saturated rings. The lowest BCUT2D eigenvalue weighted by atomic mass is 10.2. The number of aryl methyl sites for hydroxylation is 2. The molecule has 156 valence electrons. The Hall–Kier alpha value is -3.64. The lowest BCUT2D eigenvalue weighted by Crippen LogP contribution is -2.02. The molecule has 4 aromatic rings. The first-order valence-corrected chi connectivity index (χ1v) is 10.1. The highest BCUT2D eigenvalue weighted by molar-refractivity contribution is 6.31. The van der Waals surface area contributed by atoms with Crippen molar-refractivity contribution in [3.63, 3.8) is 0 Å². The van der Waals surface area contributed by atoms with Gasteiger partial charge in [-0.05, 0) is 44.2 Å². The van der Waals surface area contributed by atoms with Crippen LogP contribution in [0.2, 0.25) is 5.15 Å². The number of esters is 1. The lowest BCUT2D eigenvalue weighted by molar-refractivity contribution is -0.139. The molecule has 0 amide bonds. The smallest absolute Gasteiger partial charge is 0.331 e. The number of hydrogen-bond donors (Lipinski definition) is 0. The van der Waals surface area contributed by atoms with Gasteiger partial charge in [-0.1, -0.05) is 48.0 Å². The average Bonchev–Trinajstić information content (AvgIpc) is 3.31. The van der Waals surface area contributed by atoms with E-state index in [-0.39, 0.29) is 6.61 Å². The molecule has 0 aliphatic rings. The van der Waals surface area contributed by atoms with Gasteiger partial charge in [0.1, 0.15) is 23.2 Å². The maximum atomic E-state index is 12.2. The predicted octanol–water partition coefficient (Wildman–Crippen LogP) is 5.55. The van der Waals surface area contributed by atoms with Crippen molar-refractivity contribution in [2.75, 3.05) is 0 Å². The molecule has 0 bridgehead atoms. The lowest BCUT2D eigenvalue weighted by Gasteiger charge is -2.02. The molecule has 0 saturated heterocycles. The number of para-hydroxylation sites is 1. The minimum absolute atomic E-state index is 0.0152. The van der Waals surface area contributed by atoms with E-state index in [2.05, 4.69) is 10.1 Å². The van der Waals surface area contributed by atoms with Crippen LogP contribution in [0.4, 0.5) is 0 Å². The topological polar surface area (TPSA) is 70.2 Å². The van der Waals surface area contributed by atoms with Gasteiger partial charge in [-0.15, -0.1) is 0 Å². The van der Waals surface area contributed by atoms with Crippen molar-refractivity contribution in [2.45, 2.75) is 20.5 Å². The van der Waals surface area contributed by atoms with Crippen LogP contribution in [0.3, 0.4) is 0 Å². The predicted molar refractivity (Wildman–Crippen MR) is 119 cm³/mol. The van der Waals surface area contributed by atoms with Gasteiger partial charge in [0.15, 0.2) is 0 Å². The van der Waals surface area contributed by atoms with Gasteiger partial charge in [0, 0.05) is 17.2 Å². The Morgan fingerprint density at radius 2 is 1.77 bits per heavy atom. The van der Waals surface area contributed by atoms with Crippen LogP contribution in [0.15, 0.2) is 71.2 Å². The van der Waals surface area contributed by atoms with Crippen LogP contribution in [0.1, 0.15) is 22.7 Å². The van der Waals surface area contributed by atoms with E-state index in [1.165, 1.54) is 6.08 Å². The van der Waals surface area contributed by atoms with E-state index in [0.717, 1.165) is 11.3 Å². The molecule has 0 aliphatic carbocycles. The standard InChI is InChI=1S/C24H20ClN3O3/c1-16-20(23(25)28(27-16)19-11-7-4-8-12-19)13-14-22(29)30-15-21-17(2)31-24(26-21)18-9-5-3-6-10-18/h3-14H,15H2,1-2H3/b14-13-. The normalized spacial score (nSPS) is 11.2. The molecule has 6 nitrogen and oxygen atoms in total. The molecule has 4 rings (SSSR count). The number of nitrogens with zero attached hydrogens (tertiary/aromatic N) is 3. The van der Waals surface area contributed by atoms with Crippen LogP contribution in [-0.2, 0) is 16.1 Å². The van der Waals surface area contributed by atoms with Gasteiger partial charge in [0.25, 0.3) is 0 Å². The van der Waals surface area contributed by atoms with Crippen molar-refractivity contribution in [1.82, 2.24) is 14.8 Å². The van der Waals surface area contributed by atoms with E-state index in [9.17, 15) is 4.79 Å². The van der Waals surface area contributed by atoms with E-state index in [1.807, 2.05) is 67.6 Å². The summed E-state index contributed by atoms with van der Waals surface area (Å²) in [4.78, 5) is 16.7. The second-order valence-electron chi connectivity index (χ2n) is 6.87. The van der Waals surface area contributed by atoms with Gasteiger partial charge in [-0.2, -0.15) is 5.10 Å². The Kier molecular flexibility index (Phi) is 6.00. The van der Waals surface area contributed by atoms with Crippen molar-refractivity contribution in [3.05, 3.63) is 94.6 Å². The van der Waals surface area contributed by atoms with Crippen LogP contribution in [0.25, 0.3) is 23.2 Å². The second-order valence-corrected chi connectivity index (χ2v) is 7.22. The third kappa shape index (κ3) is 4.59. The Balaban J connectivity index is 1.43. The summed E-state index contributed by atoms with van der Waals surface area (Å²) < 4.78 is 12.7. The summed E-state index contributed by atoms with van der Waals surface area (Å²) in [6.45, 7) is 3.64. The number of rotatable bonds is 6. The highest BCUT2D eigenvalue weighted by Gasteiger charge is 2.14. The molecule has 0 radical (unpaired) electrons. The van der Waals surface area contributed by atoms with Crippen molar-refractivity contribution in [1.29, 1.82) is 0 Å². The average molecular weight is 434 g/mol. The summed E-state index contributed by atoms with van der Waals surface area (Å²) in [6, 6.07) is 19.1. The minimum Gasteiger partial charge on any atom is -0.456 e. The first-order valence-electron chi connectivity index (χ1n) is 9.70. The Bertz CT molecular complexity index is 1230. The zero-order valence-electron chi connectivity index (χ0n) is 17.1. The van der Waals surface area contributed by atoms with Gasteiger partial charge >= 0.3 is 5.97 Å². The zero-order valence-corrected chi connectivity index (χ0v) is 17.8. The fourth-order valence-electron chi connectivity index (χ4n) is 3.05. The number of halogens is 1. The molecule has 7 heteroatoms. The van der Waals surface area contributed by atoms with E-state index >= 15 is 0 Å². The quantitative estimate of drug-likeness (QED) is 0.294. The van der Waals surface area contributed by atoms with Gasteiger partial charge in [-0.25, -0.2) is 14.5 Å². The minimum atomic E-state index is -0.508. The molecule has 0 atom stereocenters. The monoisotopic (exact) mass is 433 g/mol. The third-order valence-electron chi connectivity index (χ3n) is 4.70.